The van der Waals surface area contributed by atoms with Crippen molar-refractivity contribution in [2.24, 2.45) is 7.05 Å². The molecule has 0 aromatic carbocycles. The molecule has 11 heteroatoms. The summed E-state index contributed by atoms with van der Waals surface area (Å²) < 4.78 is 40.6. The van der Waals surface area contributed by atoms with Crippen LogP contribution in [0, 0.1) is 0 Å². The summed E-state index contributed by atoms with van der Waals surface area (Å²) in [5.74, 6) is -0.387. The first kappa shape index (κ1) is 21.3. The highest BCUT2D eigenvalue weighted by Gasteiger charge is 2.34. The molecule has 3 aromatic heterocycles. The Labute approximate surface area is 178 Å². The van der Waals surface area contributed by atoms with Crippen molar-refractivity contribution in [3.63, 3.8) is 0 Å². The molecule has 1 atom stereocenters. The fourth-order valence-corrected chi connectivity index (χ4v) is 4.96. The quantitative estimate of drug-likeness (QED) is 0.612. The minimum atomic E-state index is -4.71. The number of hydrogen-bond donors (Lipinski definition) is 0. The third-order valence-corrected chi connectivity index (χ3v) is 6.57. The molecule has 4 rings (SSSR count). The van der Waals surface area contributed by atoms with Crippen molar-refractivity contribution in [3.05, 3.63) is 60.6 Å². The van der Waals surface area contributed by atoms with Crippen LogP contribution in [-0.2, 0) is 31.0 Å². The van der Waals surface area contributed by atoms with Crippen LogP contribution in [0.15, 0.2) is 33.2 Å². The summed E-state index contributed by atoms with van der Waals surface area (Å²) in [4.78, 5) is 45.0. The number of aromatic nitrogens is 3. The number of rotatable bonds is 3. The van der Waals surface area contributed by atoms with Gasteiger partial charge in [-0.25, -0.2) is 9.78 Å². The molecule has 3 aromatic rings. The summed E-state index contributed by atoms with van der Waals surface area (Å²) in [6.45, 7) is 1.95. The predicted octanol–water partition coefficient (Wildman–Crippen LogP) is 2.71. The number of carbonyl (C=O) groups excluding carboxylic acids is 1. The number of alkyl halides is 3. The van der Waals surface area contributed by atoms with E-state index in [4.69, 9.17) is 0 Å². The average Bonchev–Trinajstić information content (AvgIpc) is 3.22. The molecular weight excluding hydrogens is 433 g/mol. The van der Waals surface area contributed by atoms with Crippen LogP contribution in [0.3, 0.4) is 0 Å². The minimum absolute atomic E-state index is 0.140. The Hall–Kier alpha value is -2.95. The van der Waals surface area contributed by atoms with Crippen molar-refractivity contribution in [1.82, 2.24) is 19.0 Å². The van der Waals surface area contributed by atoms with Gasteiger partial charge in [0.1, 0.15) is 17.9 Å². The van der Waals surface area contributed by atoms with E-state index in [0.29, 0.717) is 25.5 Å². The molecule has 0 spiro atoms. The van der Waals surface area contributed by atoms with Crippen LogP contribution >= 0.6 is 11.3 Å². The van der Waals surface area contributed by atoms with E-state index in [-0.39, 0.29) is 23.0 Å². The first-order valence-corrected chi connectivity index (χ1v) is 10.5. The fourth-order valence-electron chi connectivity index (χ4n) is 4.03. The van der Waals surface area contributed by atoms with Crippen molar-refractivity contribution in [3.8, 4) is 0 Å². The lowest BCUT2D eigenvalue weighted by Crippen LogP contribution is -2.46. The molecule has 31 heavy (non-hydrogen) atoms. The molecule has 4 heterocycles. The van der Waals surface area contributed by atoms with Gasteiger partial charge in [-0.05, 0) is 42.0 Å². The van der Waals surface area contributed by atoms with Crippen LogP contribution in [0.4, 0.5) is 13.2 Å². The van der Waals surface area contributed by atoms with Gasteiger partial charge >= 0.3 is 11.9 Å². The predicted molar refractivity (Wildman–Crippen MR) is 109 cm³/mol. The lowest BCUT2D eigenvalue weighted by atomic mass is 9.98. The van der Waals surface area contributed by atoms with Crippen LogP contribution in [0.25, 0.3) is 11.0 Å². The second-order valence-electron chi connectivity index (χ2n) is 7.36. The van der Waals surface area contributed by atoms with E-state index in [1.54, 1.807) is 16.2 Å². The zero-order chi connectivity index (χ0) is 22.5. The largest absolute Gasteiger partial charge is 0.433 e. The zero-order valence-corrected chi connectivity index (χ0v) is 17.6. The first-order valence-electron chi connectivity index (χ1n) is 9.67. The standard InChI is InChI=1S/C20H19F3N4O3S/c1-3-13-11-7-9-31-14(11)6-8-26(13)16(28)10-27-18(29)12-4-5-15(20(21,22)23)24-17(12)25(2)19(27)30/h4-5,7,9,13H,3,6,8,10H2,1-2H3. The first-order chi connectivity index (χ1) is 14.6. The summed E-state index contributed by atoms with van der Waals surface area (Å²) >= 11 is 1.64. The number of halogens is 3. The lowest BCUT2D eigenvalue weighted by Gasteiger charge is -2.35. The van der Waals surface area contributed by atoms with Crippen LogP contribution in [-0.4, -0.2) is 31.5 Å². The maximum Gasteiger partial charge on any atom is 0.433 e. The lowest BCUT2D eigenvalue weighted by molar-refractivity contribution is -0.141. The molecule has 7 nitrogen and oxygen atoms in total. The number of fused-ring (bicyclic) bond motifs is 2. The van der Waals surface area contributed by atoms with E-state index in [0.717, 1.165) is 20.8 Å². The molecule has 0 aliphatic carbocycles. The minimum Gasteiger partial charge on any atom is -0.334 e. The number of aryl methyl sites for hydroxylation is 1. The molecule has 1 unspecified atom stereocenters. The Balaban J connectivity index is 1.73. The van der Waals surface area contributed by atoms with E-state index in [2.05, 4.69) is 4.98 Å². The van der Waals surface area contributed by atoms with Crippen LogP contribution in [0.2, 0.25) is 0 Å². The molecule has 0 fully saturated rings. The van der Waals surface area contributed by atoms with Crippen molar-refractivity contribution < 1.29 is 18.0 Å². The van der Waals surface area contributed by atoms with Crippen molar-refractivity contribution in [1.29, 1.82) is 0 Å². The Morgan fingerprint density at radius 2 is 2.00 bits per heavy atom. The highest BCUT2D eigenvalue weighted by molar-refractivity contribution is 7.10. The molecule has 1 amide bonds. The van der Waals surface area contributed by atoms with Crippen molar-refractivity contribution >= 4 is 28.3 Å². The Bertz CT molecular complexity index is 1290. The SMILES string of the molecule is CCC1c2ccsc2CCN1C(=O)Cn1c(=O)c2ccc(C(F)(F)F)nc2n(C)c1=O. The fraction of sp³-hybridized carbons (Fsp3) is 0.400. The molecule has 0 bridgehead atoms. The van der Waals surface area contributed by atoms with Gasteiger partial charge in [-0.2, -0.15) is 13.2 Å². The van der Waals surface area contributed by atoms with Gasteiger partial charge in [-0.15, -0.1) is 11.3 Å². The summed E-state index contributed by atoms with van der Waals surface area (Å²) in [7, 11) is 1.23. The number of nitrogens with zero attached hydrogens (tertiary/aromatic N) is 4. The van der Waals surface area contributed by atoms with Gasteiger partial charge in [0.05, 0.1) is 11.4 Å². The molecule has 1 aliphatic rings. The van der Waals surface area contributed by atoms with Gasteiger partial charge in [0, 0.05) is 18.5 Å². The number of amides is 1. The van der Waals surface area contributed by atoms with Gasteiger partial charge < -0.3 is 4.90 Å². The zero-order valence-electron chi connectivity index (χ0n) is 16.8. The Kier molecular flexibility index (Phi) is 5.24. The van der Waals surface area contributed by atoms with Crippen molar-refractivity contribution in [2.45, 2.75) is 38.5 Å². The molecule has 0 radical (unpaired) electrons. The third-order valence-electron chi connectivity index (χ3n) is 5.57. The van der Waals surface area contributed by atoms with E-state index >= 15 is 0 Å². The Morgan fingerprint density at radius 3 is 2.68 bits per heavy atom. The highest BCUT2D eigenvalue weighted by atomic mass is 32.1. The molecular formula is C20H19F3N4O3S. The average molecular weight is 452 g/mol. The molecule has 164 valence electrons. The third kappa shape index (κ3) is 3.56. The maximum absolute atomic E-state index is 13.1. The molecule has 0 saturated carbocycles. The van der Waals surface area contributed by atoms with Crippen LogP contribution in [0.5, 0.6) is 0 Å². The van der Waals surface area contributed by atoms with Crippen LogP contribution in [0.1, 0.15) is 35.5 Å². The number of carbonyl (C=O) groups is 1. The highest BCUT2D eigenvalue weighted by Crippen LogP contribution is 2.35. The summed E-state index contributed by atoms with van der Waals surface area (Å²) in [6.07, 6.45) is -3.33. The van der Waals surface area contributed by atoms with Gasteiger partial charge in [0.15, 0.2) is 0 Å². The monoisotopic (exact) mass is 452 g/mol. The van der Waals surface area contributed by atoms with E-state index in [1.165, 1.54) is 11.9 Å². The number of thiophene rings is 1. The summed E-state index contributed by atoms with van der Waals surface area (Å²) in [6, 6.07) is 3.52. The molecule has 0 N–H and O–H groups in total. The van der Waals surface area contributed by atoms with Gasteiger partial charge in [-0.1, -0.05) is 6.92 Å². The number of hydrogen-bond acceptors (Lipinski definition) is 5. The summed E-state index contributed by atoms with van der Waals surface area (Å²) in [5, 5.41) is 1.82. The normalized spacial score (nSPS) is 16.5. The van der Waals surface area contributed by atoms with E-state index in [1.807, 2.05) is 18.4 Å². The van der Waals surface area contributed by atoms with Gasteiger partial charge in [0.25, 0.3) is 5.56 Å². The second-order valence-corrected chi connectivity index (χ2v) is 8.36. The smallest absolute Gasteiger partial charge is 0.334 e. The topological polar surface area (TPSA) is 77.2 Å². The maximum atomic E-state index is 13.1. The summed E-state index contributed by atoms with van der Waals surface area (Å²) in [5.41, 5.74) is -2.22. The van der Waals surface area contributed by atoms with Crippen molar-refractivity contribution in [2.75, 3.05) is 6.54 Å². The molecule has 0 saturated heterocycles. The molecule has 1 aliphatic heterocycles. The Morgan fingerprint density at radius 1 is 1.26 bits per heavy atom. The van der Waals surface area contributed by atoms with Gasteiger partial charge in [-0.3, -0.25) is 18.7 Å². The van der Waals surface area contributed by atoms with Gasteiger partial charge in [0.2, 0.25) is 5.91 Å². The van der Waals surface area contributed by atoms with E-state index in [9.17, 15) is 27.6 Å². The number of pyridine rings is 1. The van der Waals surface area contributed by atoms with E-state index < -0.39 is 29.7 Å². The van der Waals surface area contributed by atoms with Crippen LogP contribution < -0.4 is 11.2 Å². The second kappa shape index (κ2) is 7.63.